The van der Waals surface area contributed by atoms with Crippen molar-refractivity contribution in [1.29, 1.82) is 0 Å². The predicted octanol–water partition coefficient (Wildman–Crippen LogP) is 2.84. The van der Waals surface area contributed by atoms with Crippen LogP contribution in [0.15, 0.2) is 65.9 Å². The molecule has 0 aliphatic carbocycles. The standard InChI is InChI=1S/C17H12N6O/c18-12-8-21-17(22-9-12)13-10-20-15(11-3-5-19-6-4-11)16(23-13)14-2-1-7-24-14/h1-10H,18H2. The highest BCUT2D eigenvalue weighted by Gasteiger charge is 2.16. The molecule has 116 valence electrons. The van der Waals surface area contributed by atoms with Crippen molar-refractivity contribution < 1.29 is 4.42 Å². The Hall–Kier alpha value is -3.61. The predicted molar refractivity (Wildman–Crippen MR) is 88.4 cm³/mol. The molecule has 4 rings (SSSR count). The van der Waals surface area contributed by atoms with Gasteiger partial charge in [0, 0.05) is 18.0 Å². The van der Waals surface area contributed by atoms with Crippen molar-refractivity contribution in [2.75, 3.05) is 5.73 Å². The SMILES string of the molecule is Nc1cnc(-c2cnc(-c3ccncc3)c(-c3ccco3)n2)nc1. The van der Waals surface area contributed by atoms with Gasteiger partial charge in [0.05, 0.1) is 36.2 Å². The van der Waals surface area contributed by atoms with Crippen molar-refractivity contribution in [3.63, 3.8) is 0 Å². The fourth-order valence-electron chi connectivity index (χ4n) is 2.27. The summed E-state index contributed by atoms with van der Waals surface area (Å²) >= 11 is 0. The number of furan rings is 1. The highest BCUT2D eigenvalue weighted by atomic mass is 16.3. The first-order chi connectivity index (χ1) is 11.8. The van der Waals surface area contributed by atoms with Crippen LogP contribution in [-0.2, 0) is 0 Å². The average molecular weight is 316 g/mol. The number of hydrogen-bond acceptors (Lipinski definition) is 7. The second-order valence-corrected chi connectivity index (χ2v) is 5.01. The normalized spacial score (nSPS) is 10.7. The molecule has 0 aliphatic heterocycles. The molecule has 7 heteroatoms. The maximum absolute atomic E-state index is 5.63. The number of rotatable bonds is 3. The lowest BCUT2D eigenvalue weighted by Gasteiger charge is -2.08. The maximum atomic E-state index is 5.63. The molecular weight excluding hydrogens is 304 g/mol. The van der Waals surface area contributed by atoms with Crippen molar-refractivity contribution in [3.05, 3.63) is 61.5 Å². The minimum absolute atomic E-state index is 0.450. The van der Waals surface area contributed by atoms with Gasteiger partial charge in [0.15, 0.2) is 11.6 Å². The molecular formula is C17H12N6O. The van der Waals surface area contributed by atoms with Crippen LogP contribution in [0.25, 0.3) is 34.2 Å². The molecule has 0 amide bonds. The first-order valence-corrected chi connectivity index (χ1v) is 7.20. The Kier molecular flexibility index (Phi) is 3.43. The van der Waals surface area contributed by atoms with Gasteiger partial charge in [-0.15, -0.1) is 0 Å². The van der Waals surface area contributed by atoms with E-state index in [2.05, 4.69) is 24.9 Å². The van der Waals surface area contributed by atoms with Gasteiger partial charge in [-0.1, -0.05) is 0 Å². The molecule has 0 unspecified atom stereocenters. The monoisotopic (exact) mass is 316 g/mol. The maximum Gasteiger partial charge on any atom is 0.179 e. The van der Waals surface area contributed by atoms with Crippen molar-refractivity contribution in [3.8, 4) is 34.2 Å². The summed E-state index contributed by atoms with van der Waals surface area (Å²) in [4.78, 5) is 21.6. The number of pyridine rings is 1. The van der Waals surface area contributed by atoms with Crippen LogP contribution in [0.1, 0.15) is 0 Å². The van der Waals surface area contributed by atoms with Crippen molar-refractivity contribution in [1.82, 2.24) is 24.9 Å². The highest BCUT2D eigenvalue weighted by molar-refractivity contribution is 5.76. The molecule has 4 heterocycles. The fraction of sp³-hybridized carbons (Fsp3) is 0. The third-order valence-corrected chi connectivity index (χ3v) is 3.38. The third kappa shape index (κ3) is 2.58. The van der Waals surface area contributed by atoms with Crippen molar-refractivity contribution >= 4 is 5.69 Å². The number of aromatic nitrogens is 5. The molecule has 4 aromatic rings. The fourth-order valence-corrected chi connectivity index (χ4v) is 2.27. The summed E-state index contributed by atoms with van der Waals surface area (Å²) in [7, 11) is 0. The van der Waals surface area contributed by atoms with E-state index in [0.717, 1.165) is 5.56 Å². The number of nitrogens with two attached hydrogens (primary N) is 1. The van der Waals surface area contributed by atoms with Gasteiger partial charge < -0.3 is 10.2 Å². The summed E-state index contributed by atoms with van der Waals surface area (Å²) in [5, 5.41) is 0. The minimum atomic E-state index is 0.450. The van der Waals surface area contributed by atoms with Crippen LogP contribution in [0.3, 0.4) is 0 Å². The van der Waals surface area contributed by atoms with Gasteiger partial charge in [-0.2, -0.15) is 0 Å². The Balaban J connectivity index is 1.89. The lowest BCUT2D eigenvalue weighted by molar-refractivity contribution is 0.580. The van der Waals surface area contributed by atoms with E-state index in [0.29, 0.717) is 34.4 Å². The largest absolute Gasteiger partial charge is 0.463 e. The van der Waals surface area contributed by atoms with E-state index in [1.807, 2.05) is 18.2 Å². The Morgan fingerprint density at radius 2 is 1.67 bits per heavy atom. The quantitative estimate of drug-likeness (QED) is 0.619. The van der Waals surface area contributed by atoms with Crippen molar-refractivity contribution in [2.24, 2.45) is 0 Å². The summed E-state index contributed by atoms with van der Waals surface area (Å²) < 4.78 is 5.51. The molecule has 4 aromatic heterocycles. The van der Waals surface area contributed by atoms with Gasteiger partial charge in [0.25, 0.3) is 0 Å². The number of hydrogen-bond donors (Lipinski definition) is 1. The van der Waals surface area contributed by atoms with Gasteiger partial charge >= 0.3 is 0 Å². The Morgan fingerprint density at radius 1 is 0.875 bits per heavy atom. The van der Waals surface area contributed by atoms with Crippen molar-refractivity contribution in [2.45, 2.75) is 0 Å². The van der Waals surface area contributed by atoms with E-state index in [-0.39, 0.29) is 0 Å². The summed E-state index contributed by atoms with van der Waals surface area (Å²) in [6.45, 7) is 0. The lowest BCUT2D eigenvalue weighted by Crippen LogP contribution is -1.99. The number of nitrogen functional groups attached to an aromatic ring is 1. The zero-order valence-corrected chi connectivity index (χ0v) is 12.5. The van der Waals surface area contributed by atoms with Gasteiger partial charge in [-0.3, -0.25) is 9.97 Å². The number of nitrogens with zero attached hydrogens (tertiary/aromatic N) is 5. The minimum Gasteiger partial charge on any atom is -0.463 e. The van der Waals surface area contributed by atoms with Crippen LogP contribution in [0.5, 0.6) is 0 Å². The highest BCUT2D eigenvalue weighted by Crippen LogP contribution is 2.30. The molecule has 0 radical (unpaired) electrons. The molecule has 0 saturated heterocycles. The van der Waals surface area contributed by atoms with E-state index in [1.165, 1.54) is 12.4 Å². The van der Waals surface area contributed by atoms with E-state index >= 15 is 0 Å². The van der Waals surface area contributed by atoms with Crippen LogP contribution >= 0.6 is 0 Å². The number of anilines is 1. The molecule has 7 nitrogen and oxygen atoms in total. The molecule has 0 bridgehead atoms. The molecule has 0 saturated carbocycles. The molecule has 0 atom stereocenters. The van der Waals surface area contributed by atoms with Crippen LogP contribution in [0, 0.1) is 0 Å². The van der Waals surface area contributed by atoms with Gasteiger partial charge in [0.2, 0.25) is 0 Å². The topological polar surface area (TPSA) is 104 Å². The van der Waals surface area contributed by atoms with E-state index in [4.69, 9.17) is 10.2 Å². The molecule has 2 N–H and O–H groups in total. The Bertz CT molecular complexity index is 952. The Labute approximate surface area is 137 Å². The molecule has 24 heavy (non-hydrogen) atoms. The second kappa shape index (κ2) is 5.88. The average Bonchev–Trinajstić information content (AvgIpc) is 3.17. The summed E-state index contributed by atoms with van der Waals surface area (Å²) in [6, 6.07) is 7.38. The zero-order valence-electron chi connectivity index (χ0n) is 12.5. The van der Waals surface area contributed by atoms with E-state index in [9.17, 15) is 0 Å². The van der Waals surface area contributed by atoms with Crippen LogP contribution in [0.2, 0.25) is 0 Å². The Morgan fingerprint density at radius 3 is 2.38 bits per heavy atom. The smallest absolute Gasteiger partial charge is 0.179 e. The zero-order chi connectivity index (χ0) is 16.4. The first kappa shape index (κ1) is 14.0. The molecule has 0 fully saturated rings. The summed E-state index contributed by atoms with van der Waals surface area (Å²) in [6.07, 6.45) is 9.72. The molecule has 0 aliphatic rings. The van der Waals surface area contributed by atoms with Gasteiger partial charge in [-0.05, 0) is 24.3 Å². The first-order valence-electron chi connectivity index (χ1n) is 7.20. The van der Waals surface area contributed by atoms with Crippen LogP contribution in [0.4, 0.5) is 5.69 Å². The van der Waals surface area contributed by atoms with E-state index < -0.39 is 0 Å². The second-order valence-electron chi connectivity index (χ2n) is 5.01. The van der Waals surface area contributed by atoms with E-state index in [1.54, 1.807) is 30.9 Å². The van der Waals surface area contributed by atoms with Crippen LogP contribution in [-0.4, -0.2) is 24.9 Å². The van der Waals surface area contributed by atoms with Crippen LogP contribution < -0.4 is 5.73 Å². The summed E-state index contributed by atoms with van der Waals surface area (Å²) in [5.41, 5.74) is 8.88. The lowest BCUT2D eigenvalue weighted by atomic mass is 10.1. The summed E-state index contributed by atoms with van der Waals surface area (Å²) in [5.74, 6) is 1.07. The molecule has 0 spiro atoms. The van der Waals surface area contributed by atoms with Gasteiger partial charge in [-0.25, -0.2) is 15.0 Å². The molecule has 0 aromatic carbocycles. The van der Waals surface area contributed by atoms with Gasteiger partial charge in [0.1, 0.15) is 11.4 Å². The third-order valence-electron chi connectivity index (χ3n) is 3.38.